The first-order valence-electron chi connectivity index (χ1n) is 10.7. The molecule has 0 amide bonds. The summed E-state index contributed by atoms with van der Waals surface area (Å²) >= 11 is 1.20. The van der Waals surface area contributed by atoms with Crippen molar-refractivity contribution in [3.63, 3.8) is 0 Å². The number of carbonyl (C=O) groups is 2. The number of hydrogen-bond acceptors (Lipinski definition) is 5. The van der Waals surface area contributed by atoms with Gasteiger partial charge in [0.2, 0.25) is 0 Å². The third kappa shape index (κ3) is 20.3. The first-order chi connectivity index (χ1) is 15.5. The van der Waals surface area contributed by atoms with Gasteiger partial charge < -0.3 is 21.1 Å². The fourth-order valence-electron chi connectivity index (χ4n) is 2.55. The zero-order valence-electron chi connectivity index (χ0n) is 18.5. The van der Waals surface area contributed by atoms with Gasteiger partial charge in [0, 0.05) is 23.8 Å². The zero-order valence-corrected chi connectivity index (χ0v) is 19.3. The number of unbranched alkanes of at least 4 members (excludes halogenated alkanes) is 2. The lowest BCUT2D eigenvalue weighted by Gasteiger charge is -2.20. The maximum Gasteiger partial charge on any atom is 0.389 e. The van der Waals surface area contributed by atoms with Gasteiger partial charge in [0.1, 0.15) is 6.04 Å². The van der Waals surface area contributed by atoms with Crippen molar-refractivity contribution in [1.29, 1.82) is 0 Å². The van der Waals surface area contributed by atoms with Crippen LogP contribution in [-0.2, 0) is 9.59 Å². The highest BCUT2D eigenvalue weighted by atomic mass is 32.2. The molecule has 0 saturated carbocycles. The maximum absolute atomic E-state index is 12.0. The minimum absolute atomic E-state index is 0.0560. The molecule has 0 bridgehead atoms. The summed E-state index contributed by atoms with van der Waals surface area (Å²) in [6, 6.07) is -1.06. The summed E-state index contributed by atoms with van der Waals surface area (Å²) in [6.45, 7) is 0. The maximum atomic E-state index is 12.0. The quantitative estimate of drug-likeness (QED) is 0.122. The Balaban J connectivity index is 4.43. The second-order valence-corrected chi connectivity index (χ2v) is 8.57. The lowest BCUT2D eigenvalue weighted by Crippen LogP contribution is -2.34. The summed E-state index contributed by atoms with van der Waals surface area (Å²) in [4.78, 5) is 21.5. The number of carboxylic acids is 2. The van der Waals surface area contributed by atoms with Gasteiger partial charge in [-0.25, -0.2) is 0 Å². The van der Waals surface area contributed by atoms with Crippen LogP contribution in [0.5, 0.6) is 0 Å². The molecule has 0 unspecified atom stereocenters. The molecule has 0 aromatic carbocycles. The normalized spacial score (nSPS) is 15.7. The summed E-state index contributed by atoms with van der Waals surface area (Å²) < 4.78 is 36.1. The predicted octanol–water partition coefficient (Wildman–Crippen LogP) is 4.85. The average molecular weight is 494 g/mol. The first-order valence-corrected chi connectivity index (χ1v) is 11.8. The van der Waals surface area contributed by atoms with E-state index >= 15 is 0 Å². The van der Waals surface area contributed by atoms with Gasteiger partial charge in [0.15, 0.2) is 0 Å². The topological polar surface area (TPSA) is 121 Å². The molecule has 3 atom stereocenters. The summed E-state index contributed by atoms with van der Waals surface area (Å²) in [5, 5.41) is 27.5. The molecule has 0 fully saturated rings. The van der Waals surface area contributed by atoms with E-state index < -0.39 is 41.9 Å². The van der Waals surface area contributed by atoms with Crippen molar-refractivity contribution in [3.05, 3.63) is 48.6 Å². The molecule has 0 aliphatic rings. The molecule has 6 nitrogen and oxygen atoms in total. The second-order valence-electron chi connectivity index (χ2n) is 7.36. The fraction of sp³-hybridized carbons (Fsp3) is 0.565. The van der Waals surface area contributed by atoms with Gasteiger partial charge in [-0.1, -0.05) is 48.6 Å². The molecule has 0 aromatic heterocycles. The van der Waals surface area contributed by atoms with Gasteiger partial charge >= 0.3 is 18.1 Å². The Hall–Kier alpha value is -2.04. The minimum Gasteiger partial charge on any atom is -0.481 e. The van der Waals surface area contributed by atoms with Gasteiger partial charge in [-0.2, -0.15) is 13.2 Å². The Morgan fingerprint density at radius 2 is 1.67 bits per heavy atom. The number of aliphatic hydroxyl groups excluding tert-OH is 1. The summed E-state index contributed by atoms with van der Waals surface area (Å²) in [5.74, 6) is -1.97. The van der Waals surface area contributed by atoms with E-state index in [2.05, 4.69) is 0 Å². The molecule has 0 aromatic rings. The van der Waals surface area contributed by atoms with Crippen molar-refractivity contribution in [2.75, 3.05) is 5.75 Å². The average Bonchev–Trinajstić information content (AvgIpc) is 2.71. The van der Waals surface area contributed by atoms with Crippen LogP contribution in [0.25, 0.3) is 0 Å². The SMILES string of the molecule is N[C@@H](CS[C@H](/C=C/C=C/C=C\C/C=C\CCCCC(F)(F)F)[C@@H](O)CCCC(=O)O)C(=O)O. The van der Waals surface area contributed by atoms with E-state index in [1.807, 2.05) is 24.3 Å². The molecule has 188 valence electrons. The lowest BCUT2D eigenvalue weighted by molar-refractivity contribution is -0.138. The van der Waals surface area contributed by atoms with E-state index in [0.29, 0.717) is 25.7 Å². The molecular weight excluding hydrogens is 459 g/mol. The van der Waals surface area contributed by atoms with Crippen LogP contribution >= 0.6 is 11.8 Å². The number of carboxylic acid groups (broad SMARTS) is 2. The highest BCUT2D eigenvalue weighted by Crippen LogP contribution is 2.23. The van der Waals surface area contributed by atoms with Crippen LogP contribution in [0.1, 0.15) is 51.4 Å². The number of halogens is 3. The van der Waals surface area contributed by atoms with Gasteiger partial charge in [-0.3, -0.25) is 9.59 Å². The van der Waals surface area contributed by atoms with Crippen LogP contribution in [0.3, 0.4) is 0 Å². The van der Waals surface area contributed by atoms with Crippen molar-refractivity contribution in [2.24, 2.45) is 5.73 Å². The molecule has 0 radical (unpaired) electrons. The Labute approximate surface area is 197 Å². The predicted molar refractivity (Wildman–Crippen MR) is 125 cm³/mol. The van der Waals surface area contributed by atoms with Crippen LogP contribution < -0.4 is 5.73 Å². The highest BCUT2D eigenvalue weighted by Gasteiger charge is 2.25. The number of aliphatic hydroxyl groups is 1. The van der Waals surface area contributed by atoms with Crippen molar-refractivity contribution < 1.29 is 38.1 Å². The number of hydrogen-bond donors (Lipinski definition) is 4. The van der Waals surface area contributed by atoms with Gasteiger partial charge in [0.25, 0.3) is 0 Å². The van der Waals surface area contributed by atoms with E-state index in [1.54, 1.807) is 24.3 Å². The molecule has 10 heteroatoms. The van der Waals surface area contributed by atoms with E-state index in [-0.39, 0.29) is 25.0 Å². The van der Waals surface area contributed by atoms with Crippen molar-refractivity contribution in [2.45, 2.75) is 74.9 Å². The number of aliphatic carboxylic acids is 2. The van der Waals surface area contributed by atoms with E-state index in [9.17, 15) is 27.9 Å². The molecule has 5 N–H and O–H groups in total. The fourth-order valence-corrected chi connectivity index (χ4v) is 3.68. The standard InChI is InChI=1S/C23H34F3NO5S/c24-23(25,26)16-11-9-7-5-3-1-2-4-6-8-10-14-20(33-17-18(27)22(31)32)19(28)13-12-15-21(29)30/h2-6,8,10,14,18-20,28H,1,7,9,11-13,15-17,27H2,(H,29,30)(H,31,32)/b4-2-,5-3-,8-6+,14-10+/t18-,19-,20+/m0/s1. The van der Waals surface area contributed by atoms with Crippen molar-refractivity contribution >= 4 is 23.7 Å². The molecule has 0 spiro atoms. The Morgan fingerprint density at radius 3 is 2.30 bits per heavy atom. The highest BCUT2D eigenvalue weighted by molar-refractivity contribution is 8.00. The number of rotatable bonds is 18. The Kier molecular flexibility index (Phi) is 17.3. The molecule has 0 saturated heterocycles. The van der Waals surface area contributed by atoms with E-state index in [4.69, 9.17) is 15.9 Å². The third-order valence-electron chi connectivity index (χ3n) is 4.35. The van der Waals surface area contributed by atoms with Gasteiger partial charge in [-0.05, 0) is 38.5 Å². The smallest absolute Gasteiger partial charge is 0.389 e. The molecule has 0 heterocycles. The molecule has 33 heavy (non-hydrogen) atoms. The summed E-state index contributed by atoms with van der Waals surface area (Å²) in [5.41, 5.74) is 5.51. The van der Waals surface area contributed by atoms with Crippen LogP contribution in [0.15, 0.2) is 48.6 Å². The van der Waals surface area contributed by atoms with Crippen molar-refractivity contribution in [3.8, 4) is 0 Å². The van der Waals surface area contributed by atoms with Gasteiger partial charge in [-0.15, -0.1) is 11.8 Å². The van der Waals surface area contributed by atoms with E-state index in [0.717, 1.165) is 0 Å². The van der Waals surface area contributed by atoms with Crippen LogP contribution in [0, 0.1) is 0 Å². The summed E-state index contributed by atoms with van der Waals surface area (Å²) in [6.07, 6.45) is 11.1. The van der Waals surface area contributed by atoms with Crippen LogP contribution in [0.2, 0.25) is 0 Å². The van der Waals surface area contributed by atoms with Crippen LogP contribution in [0.4, 0.5) is 13.2 Å². The molecule has 0 aliphatic heterocycles. The summed E-state index contributed by atoms with van der Waals surface area (Å²) in [7, 11) is 0. The number of nitrogens with two attached hydrogens (primary N) is 1. The third-order valence-corrected chi connectivity index (χ3v) is 5.75. The van der Waals surface area contributed by atoms with Crippen LogP contribution in [-0.4, -0.2) is 56.6 Å². The number of allylic oxidation sites excluding steroid dienone is 7. The lowest BCUT2D eigenvalue weighted by atomic mass is 10.1. The molecular formula is C23H34F3NO5S. The monoisotopic (exact) mass is 493 g/mol. The van der Waals surface area contributed by atoms with Gasteiger partial charge in [0.05, 0.1) is 6.10 Å². The van der Waals surface area contributed by atoms with E-state index in [1.165, 1.54) is 11.8 Å². The Bertz CT molecular complexity index is 677. The largest absolute Gasteiger partial charge is 0.481 e. The molecule has 0 aliphatic carbocycles. The second kappa shape index (κ2) is 18.4. The first kappa shape index (κ1) is 31.0. The van der Waals surface area contributed by atoms with Crippen molar-refractivity contribution in [1.82, 2.24) is 0 Å². The number of alkyl halides is 3. The minimum atomic E-state index is -4.09. The number of thioether (sulfide) groups is 1. The zero-order chi connectivity index (χ0) is 25.1. The molecule has 0 rings (SSSR count). The Morgan fingerprint density at radius 1 is 0.970 bits per heavy atom.